The normalized spacial score (nSPS) is 17.2. The average Bonchev–Trinajstić information content (AvgIpc) is 2.67. The number of guanidine groups is 1. The first-order valence-corrected chi connectivity index (χ1v) is 9.04. The van der Waals surface area contributed by atoms with E-state index in [9.17, 15) is 4.79 Å². The van der Waals surface area contributed by atoms with Crippen molar-refractivity contribution in [3.05, 3.63) is 29.8 Å². The third-order valence-electron chi connectivity index (χ3n) is 4.88. The molecule has 0 aliphatic carbocycles. The Bertz CT molecular complexity index is 647. The molecule has 0 unspecified atom stereocenters. The van der Waals surface area contributed by atoms with E-state index in [1.165, 1.54) is 0 Å². The van der Waals surface area contributed by atoms with Crippen LogP contribution in [-0.2, 0) is 16.1 Å². The number of rotatable bonds is 4. The van der Waals surface area contributed by atoms with Crippen molar-refractivity contribution in [2.24, 2.45) is 16.5 Å². The van der Waals surface area contributed by atoms with E-state index in [0.29, 0.717) is 6.04 Å². The highest BCUT2D eigenvalue weighted by Crippen LogP contribution is 2.24. The molecule has 166 valence electrons. The Hall–Kier alpha value is -1.45. The van der Waals surface area contributed by atoms with Crippen molar-refractivity contribution in [3.63, 3.8) is 0 Å². The van der Waals surface area contributed by atoms with E-state index >= 15 is 0 Å². The van der Waals surface area contributed by atoms with Crippen molar-refractivity contribution >= 4 is 55.0 Å². The second kappa shape index (κ2) is 13.7. The molecule has 0 radical (unpaired) electrons. The fraction of sp³-hybridized carbons (Fsp3) is 0.556. The van der Waals surface area contributed by atoms with Crippen LogP contribution in [0.1, 0.15) is 18.4 Å². The largest absolute Gasteiger partial charge is 0.443 e. The summed E-state index contributed by atoms with van der Waals surface area (Å²) < 4.78 is 10.5. The number of amides is 1. The summed E-state index contributed by atoms with van der Waals surface area (Å²) in [5.41, 5.74) is 12.4. The molecule has 2 aliphatic heterocycles. The Labute approximate surface area is 190 Å². The van der Waals surface area contributed by atoms with Crippen LogP contribution in [0.5, 0.6) is 0 Å². The van der Waals surface area contributed by atoms with Gasteiger partial charge in [-0.15, -0.1) is 42.2 Å². The van der Waals surface area contributed by atoms with Crippen molar-refractivity contribution in [3.8, 4) is 0 Å². The van der Waals surface area contributed by atoms with Crippen LogP contribution in [0.15, 0.2) is 29.3 Å². The first-order chi connectivity index (χ1) is 12.6. The molecule has 2 saturated heterocycles. The van der Waals surface area contributed by atoms with Crippen LogP contribution in [0.3, 0.4) is 0 Å². The molecule has 0 bridgehead atoms. The molecule has 8 nitrogen and oxygen atoms in total. The van der Waals surface area contributed by atoms with Gasteiger partial charge in [-0.2, -0.15) is 0 Å². The molecular formula is C18H30Cl3N5O3. The van der Waals surface area contributed by atoms with Crippen LogP contribution in [0, 0.1) is 0 Å². The summed E-state index contributed by atoms with van der Waals surface area (Å²) in [6.07, 6.45) is 1.54. The predicted octanol–water partition coefficient (Wildman–Crippen LogP) is 2.16. The molecule has 1 aromatic carbocycles. The van der Waals surface area contributed by atoms with E-state index in [1.807, 2.05) is 12.1 Å². The summed E-state index contributed by atoms with van der Waals surface area (Å²) in [4.78, 5) is 19.7. The summed E-state index contributed by atoms with van der Waals surface area (Å²) in [6.45, 7) is 5.98. The van der Waals surface area contributed by atoms with E-state index in [2.05, 4.69) is 26.9 Å². The van der Waals surface area contributed by atoms with Crippen LogP contribution in [-0.4, -0.2) is 62.4 Å². The second-order valence-electron chi connectivity index (χ2n) is 6.63. The highest BCUT2D eigenvalue weighted by atomic mass is 35.5. The smallest absolute Gasteiger partial charge is 0.437 e. The molecular weight excluding hydrogens is 441 g/mol. The number of aliphatic imine (C=N–C) groups is 1. The molecule has 29 heavy (non-hydrogen) atoms. The Morgan fingerprint density at radius 2 is 1.76 bits per heavy atom. The SMILES string of the molecule is Cl.Cl.Cl.NC(N)=NC(=O)OCc1cccc(N2CCC(N3CCOCC3)CC2)c1. The summed E-state index contributed by atoms with van der Waals surface area (Å²) in [5.74, 6) is -0.299. The molecule has 0 spiro atoms. The molecule has 2 fully saturated rings. The third kappa shape index (κ3) is 8.44. The fourth-order valence-electron chi connectivity index (χ4n) is 3.56. The van der Waals surface area contributed by atoms with E-state index in [4.69, 9.17) is 20.9 Å². The van der Waals surface area contributed by atoms with Crippen LogP contribution >= 0.6 is 37.2 Å². The minimum Gasteiger partial charge on any atom is -0.443 e. The van der Waals surface area contributed by atoms with Crippen LogP contribution in [0.4, 0.5) is 10.5 Å². The highest BCUT2D eigenvalue weighted by molar-refractivity contribution is 5.87. The quantitative estimate of drug-likeness (QED) is 0.513. The van der Waals surface area contributed by atoms with E-state index in [0.717, 1.165) is 63.5 Å². The van der Waals surface area contributed by atoms with Crippen LogP contribution in [0.25, 0.3) is 0 Å². The lowest BCUT2D eigenvalue weighted by atomic mass is 10.0. The standard InChI is InChI=1S/C18H27N5O3.3ClH/c19-17(20)21-18(24)26-13-14-2-1-3-16(12-14)22-6-4-15(5-7-22)23-8-10-25-11-9-23;;;/h1-3,12,15H,4-11,13H2,(H4,19,20,21,24);3*1H. The van der Waals surface area contributed by atoms with Gasteiger partial charge in [0.2, 0.25) is 0 Å². The molecule has 0 aromatic heterocycles. The number of nitrogens with two attached hydrogens (primary N) is 2. The lowest BCUT2D eigenvalue weighted by Gasteiger charge is -2.40. The molecule has 4 N–H and O–H groups in total. The molecule has 1 aromatic rings. The fourth-order valence-corrected chi connectivity index (χ4v) is 3.56. The topological polar surface area (TPSA) is 106 Å². The zero-order valence-corrected chi connectivity index (χ0v) is 18.6. The molecule has 2 heterocycles. The minimum atomic E-state index is -0.776. The van der Waals surface area contributed by atoms with Gasteiger partial charge in [-0.05, 0) is 30.5 Å². The number of morpholine rings is 1. The first-order valence-electron chi connectivity index (χ1n) is 9.04. The van der Waals surface area contributed by atoms with E-state index in [-0.39, 0.29) is 49.8 Å². The van der Waals surface area contributed by atoms with Crippen LogP contribution < -0.4 is 16.4 Å². The number of piperidine rings is 1. The van der Waals surface area contributed by atoms with Gasteiger partial charge in [-0.3, -0.25) is 4.90 Å². The number of carbonyl (C=O) groups excluding carboxylic acids is 1. The number of carbonyl (C=O) groups is 1. The lowest BCUT2D eigenvalue weighted by molar-refractivity contribution is 0.0115. The Kier molecular flexibility index (Phi) is 13.0. The van der Waals surface area contributed by atoms with Gasteiger partial charge in [0.05, 0.1) is 13.2 Å². The number of ether oxygens (including phenoxy) is 2. The maximum Gasteiger partial charge on any atom is 0.437 e. The maximum absolute atomic E-state index is 11.4. The van der Waals surface area contributed by atoms with Gasteiger partial charge in [0.25, 0.3) is 0 Å². The third-order valence-corrected chi connectivity index (χ3v) is 4.88. The van der Waals surface area contributed by atoms with Crippen molar-refractivity contribution in [1.82, 2.24) is 4.90 Å². The number of hydrogen-bond donors (Lipinski definition) is 2. The molecule has 1 amide bonds. The molecule has 0 atom stereocenters. The molecule has 0 saturated carbocycles. The monoisotopic (exact) mass is 469 g/mol. The summed E-state index contributed by atoms with van der Waals surface area (Å²) in [6, 6.07) is 8.70. The van der Waals surface area contributed by atoms with E-state index < -0.39 is 6.09 Å². The highest BCUT2D eigenvalue weighted by Gasteiger charge is 2.25. The number of hydrogen-bond acceptors (Lipinski definition) is 5. The number of benzene rings is 1. The maximum atomic E-state index is 11.4. The van der Waals surface area contributed by atoms with Gasteiger partial charge < -0.3 is 25.8 Å². The Balaban J connectivity index is 0.00000261. The number of halogens is 3. The van der Waals surface area contributed by atoms with Gasteiger partial charge in [0.1, 0.15) is 6.61 Å². The molecule has 2 aliphatic rings. The summed E-state index contributed by atoms with van der Waals surface area (Å²) >= 11 is 0. The average molecular weight is 471 g/mol. The van der Waals surface area contributed by atoms with Gasteiger partial charge in [0.15, 0.2) is 5.96 Å². The predicted molar refractivity (Wildman–Crippen MR) is 122 cm³/mol. The lowest BCUT2D eigenvalue weighted by Crippen LogP contribution is -2.49. The van der Waals surface area contributed by atoms with Crippen molar-refractivity contribution in [2.45, 2.75) is 25.5 Å². The Morgan fingerprint density at radius 3 is 2.38 bits per heavy atom. The van der Waals surface area contributed by atoms with Gasteiger partial charge in [0, 0.05) is 37.9 Å². The summed E-state index contributed by atoms with van der Waals surface area (Å²) in [7, 11) is 0. The van der Waals surface area contributed by atoms with E-state index in [1.54, 1.807) is 0 Å². The molecule has 3 rings (SSSR count). The minimum absolute atomic E-state index is 0. The Morgan fingerprint density at radius 1 is 1.10 bits per heavy atom. The number of nitrogens with zero attached hydrogens (tertiary/aromatic N) is 3. The summed E-state index contributed by atoms with van der Waals surface area (Å²) in [5, 5.41) is 0. The van der Waals surface area contributed by atoms with Gasteiger partial charge in [-0.1, -0.05) is 12.1 Å². The number of anilines is 1. The van der Waals surface area contributed by atoms with Crippen molar-refractivity contribution in [1.29, 1.82) is 0 Å². The van der Waals surface area contributed by atoms with Gasteiger partial charge >= 0.3 is 6.09 Å². The van der Waals surface area contributed by atoms with Crippen LogP contribution in [0.2, 0.25) is 0 Å². The molecule has 11 heteroatoms. The van der Waals surface area contributed by atoms with Crippen molar-refractivity contribution < 1.29 is 14.3 Å². The van der Waals surface area contributed by atoms with Gasteiger partial charge in [-0.25, -0.2) is 4.79 Å². The van der Waals surface area contributed by atoms with Crippen molar-refractivity contribution in [2.75, 3.05) is 44.3 Å². The second-order valence-corrected chi connectivity index (χ2v) is 6.63. The first kappa shape index (κ1) is 27.5. The zero-order chi connectivity index (χ0) is 18.4. The zero-order valence-electron chi connectivity index (χ0n) is 16.2.